The third-order valence-corrected chi connectivity index (χ3v) is 1.88. The lowest BCUT2D eigenvalue weighted by molar-refractivity contribution is 0.00843. The number of hydrogen-bond acceptors (Lipinski definition) is 2. The van der Waals surface area contributed by atoms with E-state index in [1.165, 1.54) is 0 Å². The van der Waals surface area contributed by atoms with Crippen LogP contribution >= 0.6 is 0 Å². The van der Waals surface area contributed by atoms with Crippen molar-refractivity contribution in [2.45, 2.75) is 58.2 Å². The maximum Gasteiger partial charge on any atom is 0.0799 e. The van der Waals surface area contributed by atoms with Gasteiger partial charge in [-0.25, -0.2) is 0 Å². The molecule has 0 saturated heterocycles. The average Bonchev–Trinajstić information content (AvgIpc) is 2.00. The highest BCUT2D eigenvalue weighted by molar-refractivity contribution is 4.65. The van der Waals surface area contributed by atoms with Gasteiger partial charge < -0.3 is 10.2 Å². The molecule has 11 heavy (non-hydrogen) atoms. The number of aliphatic hydroxyl groups is 2. The van der Waals surface area contributed by atoms with Gasteiger partial charge in [-0.05, 0) is 12.8 Å². The molecule has 0 spiro atoms. The van der Waals surface area contributed by atoms with Crippen molar-refractivity contribution in [2.75, 3.05) is 0 Å². The molecule has 0 bridgehead atoms. The molecule has 0 saturated carbocycles. The molecule has 0 aliphatic rings. The Balaban J connectivity index is 3.38. The second-order valence-electron chi connectivity index (χ2n) is 3.07. The number of aliphatic hydroxyl groups excluding tert-OH is 2. The lowest BCUT2D eigenvalue weighted by Gasteiger charge is -2.16. The summed E-state index contributed by atoms with van der Waals surface area (Å²) in [5, 5.41) is 18.6. The predicted octanol–water partition coefficient (Wildman–Crippen LogP) is 1.70. The van der Waals surface area contributed by atoms with Gasteiger partial charge in [-0.1, -0.05) is 33.1 Å². The van der Waals surface area contributed by atoms with Crippen molar-refractivity contribution < 1.29 is 10.2 Å². The number of unbranched alkanes of at least 4 members (excludes halogenated alkanes) is 1. The molecule has 0 aromatic heterocycles. The molecule has 2 atom stereocenters. The first kappa shape index (κ1) is 10.9. The van der Waals surface area contributed by atoms with Crippen LogP contribution in [-0.4, -0.2) is 22.4 Å². The van der Waals surface area contributed by atoms with Gasteiger partial charge in [0.25, 0.3) is 0 Å². The van der Waals surface area contributed by atoms with E-state index in [1.807, 2.05) is 6.92 Å². The molecule has 0 aromatic rings. The van der Waals surface area contributed by atoms with E-state index >= 15 is 0 Å². The first-order valence-corrected chi connectivity index (χ1v) is 4.58. The molecular formula is C9H20O2. The Hall–Kier alpha value is -0.0800. The Morgan fingerprint density at radius 1 is 0.909 bits per heavy atom. The second kappa shape index (κ2) is 6.62. The zero-order valence-electron chi connectivity index (χ0n) is 7.58. The molecule has 2 nitrogen and oxygen atoms in total. The summed E-state index contributed by atoms with van der Waals surface area (Å²) in [5.74, 6) is 0. The number of hydrogen-bond donors (Lipinski definition) is 2. The molecule has 0 aliphatic heterocycles. The van der Waals surface area contributed by atoms with Crippen LogP contribution in [0, 0.1) is 0 Å². The highest BCUT2D eigenvalue weighted by Crippen LogP contribution is 2.08. The van der Waals surface area contributed by atoms with Crippen LogP contribution in [0.4, 0.5) is 0 Å². The summed E-state index contributed by atoms with van der Waals surface area (Å²) in [7, 11) is 0. The molecule has 0 amide bonds. The molecule has 0 fully saturated rings. The van der Waals surface area contributed by atoms with E-state index in [0.717, 1.165) is 25.7 Å². The van der Waals surface area contributed by atoms with Gasteiger partial charge in [0.15, 0.2) is 0 Å². The van der Waals surface area contributed by atoms with Crippen molar-refractivity contribution >= 4 is 0 Å². The van der Waals surface area contributed by atoms with Gasteiger partial charge in [0.1, 0.15) is 0 Å². The average molecular weight is 160 g/mol. The third kappa shape index (κ3) is 5.22. The fraction of sp³-hybridized carbons (Fsp3) is 1.00. The van der Waals surface area contributed by atoms with Gasteiger partial charge in [-0.2, -0.15) is 0 Å². The quantitative estimate of drug-likeness (QED) is 0.621. The molecule has 0 rings (SSSR count). The standard InChI is InChI=1S/C9H20O2/c1-3-5-7-9(11)8(10)6-4-2/h8-11H,3-7H2,1-2H3/t8-,9-/m1/s1. The second-order valence-corrected chi connectivity index (χ2v) is 3.07. The predicted molar refractivity (Wildman–Crippen MR) is 46.4 cm³/mol. The molecule has 0 unspecified atom stereocenters. The van der Waals surface area contributed by atoms with E-state index in [1.54, 1.807) is 0 Å². The summed E-state index contributed by atoms with van der Waals surface area (Å²) in [5.41, 5.74) is 0. The van der Waals surface area contributed by atoms with Crippen LogP contribution in [0.25, 0.3) is 0 Å². The van der Waals surface area contributed by atoms with E-state index in [9.17, 15) is 10.2 Å². The van der Waals surface area contributed by atoms with E-state index in [2.05, 4.69) is 6.92 Å². The van der Waals surface area contributed by atoms with Crippen molar-refractivity contribution in [1.29, 1.82) is 0 Å². The highest BCUT2D eigenvalue weighted by Gasteiger charge is 2.13. The minimum absolute atomic E-state index is 0.505. The van der Waals surface area contributed by atoms with Crippen molar-refractivity contribution in [3.05, 3.63) is 0 Å². The number of rotatable bonds is 6. The van der Waals surface area contributed by atoms with Gasteiger partial charge in [-0.15, -0.1) is 0 Å². The third-order valence-electron chi connectivity index (χ3n) is 1.88. The van der Waals surface area contributed by atoms with Gasteiger partial charge in [0.2, 0.25) is 0 Å². The first-order chi connectivity index (χ1) is 5.22. The topological polar surface area (TPSA) is 40.5 Å². The summed E-state index contributed by atoms with van der Waals surface area (Å²) in [6.07, 6.45) is 3.45. The summed E-state index contributed by atoms with van der Waals surface area (Å²) >= 11 is 0. The van der Waals surface area contributed by atoms with Crippen LogP contribution in [0.2, 0.25) is 0 Å². The maximum atomic E-state index is 9.33. The molecule has 0 aromatic carbocycles. The van der Waals surface area contributed by atoms with Crippen molar-refractivity contribution in [3.63, 3.8) is 0 Å². The molecule has 68 valence electrons. The van der Waals surface area contributed by atoms with E-state index in [4.69, 9.17) is 0 Å². The molecule has 2 N–H and O–H groups in total. The molecule has 0 aliphatic carbocycles. The molecular weight excluding hydrogens is 140 g/mol. The van der Waals surface area contributed by atoms with Crippen LogP contribution in [0.1, 0.15) is 46.0 Å². The Bertz CT molecular complexity index is 83.6. The fourth-order valence-corrected chi connectivity index (χ4v) is 1.09. The van der Waals surface area contributed by atoms with Gasteiger partial charge in [0.05, 0.1) is 12.2 Å². The van der Waals surface area contributed by atoms with Crippen LogP contribution in [-0.2, 0) is 0 Å². The lowest BCUT2D eigenvalue weighted by atomic mass is 10.0. The van der Waals surface area contributed by atoms with E-state index in [-0.39, 0.29) is 0 Å². The Kier molecular flexibility index (Phi) is 6.57. The minimum Gasteiger partial charge on any atom is -0.390 e. The summed E-state index contributed by atoms with van der Waals surface area (Å²) in [4.78, 5) is 0. The van der Waals surface area contributed by atoms with Crippen molar-refractivity contribution in [2.24, 2.45) is 0 Å². The van der Waals surface area contributed by atoms with Crippen molar-refractivity contribution in [3.8, 4) is 0 Å². The zero-order valence-corrected chi connectivity index (χ0v) is 7.58. The lowest BCUT2D eigenvalue weighted by Crippen LogP contribution is -2.25. The van der Waals surface area contributed by atoms with Crippen molar-refractivity contribution in [1.82, 2.24) is 0 Å². The van der Waals surface area contributed by atoms with E-state index < -0.39 is 12.2 Å². The summed E-state index contributed by atoms with van der Waals surface area (Å²) in [6, 6.07) is 0. The van der Waals surface area contributed by atoms with Crippen LogP contribution in [0.5, 0.6) is 0 Å². The van der Waals surface area contributed by atoms with Crippen LogP contribution in [0.3, 0.4) is 0 Å². The Labute approximate surface area is 69.2 Å². The monoisotopic (exact) mass is 160 g/mol. The van der Waals surface area contributed by atoms with Gasteiger partial charge in [0, 0.05) is 0 Å². The van der Waals surface area contributed by atoms with Crippen LogP contribution < -0.4 is 0 Å². The molecule has 0 heterocycles. The summed E-state index contributed by atoms with van der Waals surface area (Å²) < 4.78 is 0. The maximum absolute atomic E-state index is 9.33. The Morgan fingerprint density at radius 3 is 1.91 bits per heavy atom. The smallest absolute Gasteiger partial charge is 0.0799 e. The van der Waals surface area contributed by atoms with Crippen LogP contribution in [0.15, 0.2) is 0 Å². The zero-order chi connectivity index (χ0) is 8.69. The SMILES string of the molecule is CCCC[C@@H](O)[C@H](O)CCC. The summed E-state index contributed by atoms with van der Waals surface area (Å²) in [6.45, 7) is 4.09. The molecule has 2 heteroatoms. The normalized spacial score (nSPS) is 16.4. The molecule has 0 radical (unpaired) electrons. The largest absolute Gasteiger partial charge is 0.390 e. The fourth-order valence-electron chi connectivity index (χ4n) is 1.09. The Morgan fingerprint density at radius 2 is 1.45 bits per heavy atom. The highest BCUT2D eigenvalue weighted by atomic mass is 16.3. The van der Waals surface area contributed by atoms with Gasteiger partial charge in [-0.3, -0.25) is 0 Å². The van der Waals surface area contributed by atoms with E-state index in [0.29, 0.717) is 6.42 Å². The minimum atomic E-state index is -0.508. The van der Waals surface area contributed by atoms with Gasteiger partial charge >= 0.3 is 0 Å². The first-order valence-electron chi connectivity index (χ1n) is 4.58.